The maximum atomic E-state index is 13.6. The Kier molecular flexibility index (Phi) is 8.19. The molecule has 0 N–H and O–H groups in total. The summed E-state index contributed by atoms with van der Waals surface area (Å²) in [7, 11) is 0. The average molecular weight is 788 g/mol. The van der Waals surface area contributed by atoms with Gasteiger partial charge in [0, 0.05) is 36.0 Å². The topological polar surface area (TPSA) is 113 Å². The fraction of sp³-hybridized carbons (Fsp3) is 0.0333. The summed E-state index contributed by atoms with van der Waals surface area (Å²) in [6.07, 6.45) is 1.30. The van der Waals surface area contributed by atoms with Crippen molar-refractivity contribution in [3.05, 3.63) is 129 Å². The third kappa shape index (κ3) is 6.00. The molecule has 0 atom stereocenters. The highest BCUT2D eigenvalue weighted by Crippen LogP contribution is 2.37. The third-order valence-corrected chi connectivity index (χ3v) is 8.41. The minimum absolute atomic E-state index is 0.0101. The lowest BCUT2D eigenvalue weighted by molar-refractivity contribution is -0.385. The number of halogens is 4. The summed E-state index contributed by atoms with van der Waals surface area (Å²) in [5.41, 5.74) is 1.31. The summed E-state index contributed by atoms with van der Waals surface area (Å²) in [6.45, 7) is 0.0391. The summed E-state index contributed by atoms with van der Waals surface area (Å²) in [5, 5.41) is 17.5. The molecule has 0 saturated heterocycles. The van der Waals surface area contributed by atoms with Crippen LogP contribution in [0.5, 0.6) is 5.75 Å². The number of nitro benzene ring substituents is 1. The maximum absolute atomic E-state index is 13.6. The quantitative estimate of drug-likeness (QED) is 0.0907. The van der Waals surface area contributed by atoms with Gasteiger partial charge in [-0.1, -0.05) is 77.6 Å². The Morgan fingerprint density at radius 3 is 2.58 bits per heavy atom. The second kappa shape index (κ2) is 12.0. The molecular formula is C30H16Br3ClN4O5. The Morgan fingerprint density at radius 1 is 1.02 bits per heavy atom. The second-order valence-electron chi connectivity index (χ2n) is 9.24. The average Bonchev–Trinajstić information content (AvgIpc) is 3.39. The van der Waals surface area contributed by atoms with Crippen molar-refractivity contribution in [2.75, 3.05) is 0 Å². The third-order valence-electron chi connectivity index (χ3n) is 6.40. The van der Waals surface area contributed by atoms with E-state index in [-0.39, 0.29) is 34.5 Å². The minimum atomic E-state index is -0.586. The van der Waals surface area contributed by atoms with Gasteiger partial charge in [-0.3, -0.25) is 14.9 Å². The van der Waals surface area contributed by atoms with Gasteiger partial charge in [-0.15, -0.1) is 0 Å². The normalized spacial score (nSPS) is 11.5. The lowest BCUT2D eigenvalue weighted by Gasteiger charge is -2.11. The van der Waals surface area contributed by atoms with Crippen LogP contribution in [0.3, 0.4) is 0 Å². The van der Waals surface area contributed by atoms with Crippen LogP contribution in [0.2, 0.25) is 5.02 Å². The van der Waals surface area contributed by atoms with Crippen LogP contribution in [0.25, 0.3) is 33.5 Å². The van der Waals surface area contributed by atoms with Crippen molar-refractivity contribution in [1.82, 2.24) is 9.66 Å². The Labute approximate surface area is 273 Å². The largest absolute Gasteiger partial charge is 0.481 e. The molecule has 0 aliphatic heterocycles. The van der Waals surface area contributed by atoms with Gasteiger partial charge in [0.05, 0.1) is 27.1 Å². The number of hydrogen-bond donors (Lipinski definition) is 0. The molecular weight excluding hydrogens is 772 g/mol. The van der Waals surface area contributed by atoms with E-state index in [1.54, 1.807) is 36.4 Å². The van der Waals surface area contributed by atoms with Crippen LogP contribution in [0.4, 0.5) is 5.69 Å². The summed E-state index contributed by atoms with van der Waals surface area (Å²) < 4.78 is 15.4. The molecule has 43 heavy (non-hydrogen) atoms. The number of para-hydroxylation sites is 1. The van der Waals surface area contributed by atoms with Gasteiger partial charge in [0.25, 0.3) is 5.56 Å². The highest BCUT2D eigenvalue weighted by molar-refractivity contribution is 9.11. The van der Waals surface area contributed by atoms with Gasteiger partial charge in [-0.05, 0) is 54.6 Å². The van der Waals surface area contributed by atoms with Crippen molar-refractivity contribution in [2.45, 2.75) is 6.61 Å². The number of fused-ring (bicyclic) bond motifs is 2. The summed E-state index contributed by atoms with van der Waals surface area (Å²) in [5.74, 6) is 0.394. The first-order valence-electron chi connectivity index (χ1n) is 12.5. The van der Waals surface area contributed by atoms with Gasteiger partial charge < -0.3 is 9.15 Å². The van der Waals surface area contributed by atoms with Crippen molar-refractivity contribution in [3.8, 4) is 17.3 Å². The van der Waals surface area contributed by atoms with Crippen LogP contribution >= 0.6 is 59.4 Å². The second-order valence-corrected chi connectivity index (χ2v) is 12.3. The Balaban J connectivity index is 1.41. The SMILES string of the molecule is O=c1c2ccccc2nc(-c2cc3cc(Br)ccc3o2)n1N=Cc1cc(Cl)c(OCc2ccc(Br)cc2Br)c([N+](=O)[O-])c1. The Hall–Kier alpha value is -3.84. The van der Waals surface area contributed by atoms with Crippen LogP contribution in [0.1, 0.15) is 11.1 Å². The van der Waals surface area contributed by atoms with Crippen molar-refractivity contribution in [1.29, 1.82) is 0 Å². The van der Waals surface area contributed by atoms with Gasteiger partial charge in [0.2, 0.25) is 11.6 Å². The first-order valence-corrected chi connectivity index (χ1v) is 15.2. The molecule has 0 unspecified atom stereocenters. The van der Waals surface area contributed by atoms with E-state index in [0.29, 0.717) is 22.2 Å². The van der Waals surface area contributed by atoms with Crippen molar-refractivity contribution < 1.29 is 14.1 Å². The van der Waals surface area contributed by atoms with E-state index in [1.165, 1.54) is 18.3 Å². The number of nitro groups is 1. The first-order chi connectivity index (χ1) is 20.7. The zero-order valence-corrected chi connectivity index (χ0v) is 27.1. The maximum Gasteiger partial charge on any atom is 0.313 e. The molecule has 0 fully saturated rings. The molecule has 0 aliphatic rings. The molecule has 0 aliphatic carbocycles. The summed E-state index contributed by atoms with van der Waals surface area (Å²) in [6, 6.07) is 22.4. The van der Waals surface area contributed by atoms with Crippen molar-refractivity contribution in [3.63, 3.8) is 0 Å². The van der Waals surface area contributed by atoms with Crippen molar-refractivity contribution >= 4 is 93.2 Å². The van der Waals surface area contributed by atoms with Crippen molar-refractivity contribution in [2.24, 2.45) is 5.10 Å². The molecule has 214 valence electrons. The molecule has 2 aromatic heterocycles. The molecule has 0 saturated carbocycles. The standard InChI is InChI=1S/C30H16Br3ClN4O5/c31-19-7-8-26-18(11-19)12-27(43-26)29-36-24-4-2-1-3-21(24)30(39)37(29)35-14-16-9-23(34)28(25(10-16)38(40)41)42-15-17-5-6-20(32)13-22(17)33/h1-14H,15H2. The predicted octanol–water partition coefficient (Wildman–Crippen LogP) is 9.12. The van der Waals surface area contributed by atoms with Crippen LogP contribution in [0.15, 0.2) is 107 Å². The van der Waals surface area contributed by atoms with E-state index < -0.39 is 10.5 Å². The highest BCUT2D eigenvalue weighted by Gasteiger charge is 2.22. The molecule has 9 nitrogen and oxygen atoms in total. The molecule has 6 aromatic rings. The van der Waals surface area contributed by atoms with Crippen LogP contribution in [-0.4, -0.2) is 20.8 Å². The molecule has 4 aromatic carbocycles. The van der Waals surface area contributed by atoms with Gasteiger partial charge in [-0.2, -0.15) is 9.78 Å². The number of aromatic nitrogens is 2. The molecule has 0 bridgehead atoms. The Bertz CT molecular complexity index is 2160. The predicted molar refractivity (Wildman–Crippen MR) is 176 cm³/mol. The van der Waals surface area contributed by atoms with Gasteiger partial charge in [0.15, 0.2) is 5.76 Å². The van der Waals surface area contributed by atoms with Crippen LogP contribution < -0.4 is 10.3 Å². The van der Waals surface area contributed by atoms with E-state index in [2.05, 4.69) is 57.9 Å². The fourth-order valence-corrected chi connectivity index (χ4v) is 6.20. The molecule has 0 amide bonds. The number of benzene rings is 4. The van der Waals surface area contributed by atoms with Gasteiger partial charge >= 0.3 is 5.69 Å². The zero-order chi connectivity index (χ0) is 30.2. The number of hydrogen-bond acceptors (Lipinski definition) is 7. The van der Waals surface area contributed by atoms with E-state index >= 15 is 0 Å². The zero-order valence-electron chi connectivity index (χ0n) is 21.6. The number of ether oxygens (including phenoxy) is 1. The lowest BCUT2D eigenvalue weighted by Crippen LogP contribution is -2.20. The van der Waals surface area contributed by atoms with Crippen LogP contribution in [-0.2, 0) is 6.61 Å². The molecule has 6 rings (SSSR count). The number of nitrogens with zero attached hydrogens (tertiary/aromatic N) is 4. The molecule has 13 heteroatoms. The van der Waals surface area contributed by atoms with E-state index in [0.717, 1.165) is 29.0 Å². The smallest absolute Gasteiger partial charge is 0.313 e. The van der Waals surface area contributed by atoms with Gasteiger partial charge in [-0.25, -0.2) is 4.98 Å². The van der Waals surface area contributed by atoms with E-state index in [4.69, 9.17) is 20.8 Å². The van der Waals surface area contributed by atoms with Gasteiger partial charge in [0.1, 0.15) is 12.2 Å². The molecule has 0 spiro atoms. The molecule has 0 radical (unpaired) electrons. The van der Waals surface area contributed by atoms with E-state index in [1.807, 2.05) is 30.3 Å². The van der Waals surface area contributed by atoms with Crippen LogP contribution in [0, 0.1) is 10.1 Å². The number of furan rings is 1. The lowest BCUT2D eigenvalue weighted by atomic mass is 10.2. The summed E-state index contributed by atoms with van der Waals surface area (Å²) in [4.78, 5) is 29.7. The fourth-order valence-electron chi connectivity index (χ4n) is 4.38. The highest BCUT2D eigenvalue weighted by atomic mass is 79.9. The summed E-state index contributed by atoms with van der Waals surface area (Å²) >= 11 is 16.8. The van der Waals surface area contributed by atoms with E-state index in [9.17, 15) is 14.9 Å². The first kappa shape index (κ1) is 29.2. The minimum Gasteiger partial charge on any atom is -0.481 e. The number of rotatable bonds is 7. The molecule has 2 heterocycles. The Morgan fingerprint density at radius 2 is 1.79 bits per heavy atom. The monoisotopic (exact) mass is 784 g/mol.